The van der Waals surface area contributed by atoms with Crippen LogP contribution in [-0.2, 0) is 42.6 Å². The molecule has 3 aromatic carbocycles. The second-order valence-corrected chi connectivity index (χ2v) is 13.2. The summed E-state index contributed by atoms with van der Waals surface area (Å²) in [5.41, 5.74) is -0.850. The third kappa shape index (κ3) is 20.4. The van der Waals surface area contributed by atoms with Crippen molar-refractivity contribution in [2.24, 2.45) is 0 Å². The van der Waals surface area contributed by atoms with Gasteiger partial charge >= 0.3 is 53.7 Å². The lowest BCUT2D eigenvalue weighted by atomic mass is 9.98. The second-order valence-electron chi connectivity index (χ2n) is 13.2. The topological polar surface area (TPSA) is 237 Å². The average Bonchev–Trinajstić information content (AvgIpc) is 3.40. The monoisotopic (exact) mass is 990 g/mol. The molecule has 3 rings (SSSR count). The minimum absolute atomic E-state index is 0.0108. The first-order valence-electron chi connectivity index (χ1n) is 21.1. The molecule has 0 N–H and O–H groups in total. The fraction of sp³-hybridized carbons (Fsp3) is 0.167. The van der Waals surface area contributed by atoms with Crippen LogP contribution in [0.2, 0.25) is 0 Å². The highest BCUT2D eigenvalue weighted by atomic mass is 16.6. The molecular formula is C54H54O18. The molecule has 0 spiro atoms. The standard InChI is InChI=1S/C22H22O8.C18H18O6.C14H14O4/c1-5-9-27-19(23)15-13-17(21(25)29-11-7-3)18(22(26)30-12-8-4)14-16(15)20(24)28-10-6-2;1-4-9-22-16(19)13-7-8-14(17(20)23-10-5-2)15(12-13)18(21)24-11-6-3;1-3-9-17-13(15)11-7-5-6-8-12(11)14(16)18-10-4-2/h5-8,13-14H,1-4,9-12H2;4-8,12H,1-3,9-11H2;3-8H,1-2,9-10H2. The summed E-state index contributed by atoms with van der Waals surface area (Å²) in [6.45, 7) is 30.6. The van der Waals surface area contributed by atoms with Crippen LogP contribution in [0.15, 0.2) is 168 Å². The zero-order valence-electron chi connectivity index (χ0n) is 39.5. The molecule has 18 nitrogen and oxygen atoms in total. The van der Waals surface area contributed by atoms with Crippen LogP contribution in [0.1, 0.15) is 93.2 Å². The van der Waals surface area contributed by atoms with E-state index >= 15 is 0 Å². The molecule has 0 fully saturated rings. The molecular weight excluding hydrogens is 937 g/mol. The number of benzene rings is 3. The summed E-state index contributed by atoms with van der Waals surface area (Å²) in [4.78, 5) is 109. The molecule has 0 radical (unpaired) electrons. The molecule has 0 aliphatic rings. The minimum Gasteiger partial charge on any atom is -0.458 e. The van der Waals surface area contributed by atoms with Crippen LogP contribution in [0.4, 0.5) is 0 Å². The molecule has 3 aromatic rings. The maximum absolute atomic E-state index is 12.4. The Hall–Kier alpha value is -9.45. The lowest BCUT2D eigenvalue weighted by molar-refractivity contribution is 0.0487. The molecule has 0 amide bonds. The molecule has 0 heterocycles. The summed E-state index contributed by atoms with van der Waals surface area (Å²) in [6, 6.07) is 12.2. The zero-order valence-corrected chi connectivity index (χ0v) is 39.5. The average molecular weight is 991 g/mol. The van der Waals surface area contributed by atoms with Crippen LogP contribution in [0.3, 0.4) is 0 Å². The van der Waals surface area contributed by atoms with Crippen molar-refractivity contribution in [1.82, 2.24) is 0 Å². The van der Waals surface area contributed by atoms with E-state index in [0.717, 1.165) is 12.1 Å². The van der Waals surface area contributed by atoms with Gasteiger partial charge in [0.15, 0.2) is 0 Å². The predicted octanol–water partition coefficient (Wildman–Crippen LogP) is 8.15. The first-order valence-corrected chi connectivity index (χ1v) is 21.1. The highest BCUT2D eigenvalue weighted by Gasteiger charge is 2.29. The van der Waals surface area contributed by atoms with Gasteiger partial charge in [-0.2, -0.15) is 0 Å². The van der Waals surface area contributed by atoms with Crippen molar-refractivity contribution < 1.29 is 85.8 Å². The first-order chi connectivity index (χ1) is 34.7. The molecule has 0 aliphatic carbocycles. The molecule has 0 aromatic heterocycles. The third-order valence-corrected chi connectivity index (χ3v) is 8.09. The van der Waals surface area contributed by atoms with Gasteiger partial charge in [-0.05, 0) is 42.5 Å². The Morgan fingerprint density at radius 3 is 0.694 bits per heavy atom. The molecule has 0 unspecified atom stereocenters. The predicted molar refractivity (Wildman–Crippen MR) is 264 cm³/mol. The van der Waals surface area contributed by atoms with Crippen LogP contribution in [0, 0.1) is 0 Å². The number of hydrogen-bond donors (Lipinski definition) is 0. The van der Waals surface area contributed by atoms with Crippen molar-refractivity contribution in [2.45, 2.75) is 0 Å². The molecule has 72 heavy (non-hydrogen) atoms. The lowest BCUT2D eigenvalue weighted by Gasteiger charge is -2.14. The van der Waals surface area contributed by atoms with Crippen LogP contribution < -0.4 is 0 Å². The fourth-order valence-corrected chi connectivity index (χ4v) is 5.05. The Balaban J connectivity index is 0.000000557. The van der Waals surface area contributed by atoms with Crippen molar-refractivity contribution in [2.75, 3.05) is 59.5 Å². The molecule has 0 saturated heterocycles. The van der Waals surface area contributed by atoms with E-state index in [1.54, 1.807) is 12.1 Å². The van der Waals surface area contributed by atoms with Gasteiger partial charge in [0, 0.05) is 0 Å². The Labute approximate surface area is 416 Å². The van der Waals surface area contributed by atoms with Crippen molar-refractivity contribution in [3.05, 3.63) is 219 Å². The Kier molecular flexibility index (Phi) is 29.3. The van der Waals surface area contributed by atoms with Crippen LogP contribution >= 0.6 is 0 Å². The van der Waals surface area contributed by atoms with Crippen molar-refractivity contribution >= 4 is 53.7 Å². The summed E-state index contributed by atoms with van der Waals surface area (Å²) < 4.78 is 44.4. The van der Waals surface area contributed by atoms with Gasteiger partial charge in [-0.15, -0.1) is 0 Å². The van der Waals surface area contributed by atoms with E-state index in [2.05, 4.69) is 59.2 Å². The maximum Gasteiger partial charge on any atom is 0.339 e. The van der Waals surface area contributed by atoms with Crippen LogP contribution in [0.5, 0.6) is 0 Å². The van der Waals surface area contributed by atoms with Gasteiger partial charge in [0.2, 0.25) is 0 Å². The second kappa shape index (κ2) is 34.8. The lowest BCUT2D eigenvalue weighted by Crippen LogP contribution is -2.20. The van der Waals surface area contributed by atoms with E-state index in [9.17, 15) is 43.2 Å². The van der Waals surface area contributed by atoms with E-state index in [1.165, 1.54) is 85.0 Å². The SMILES string of the molecule is C=CCOC(=O)c1cc(C(=O)OCC=C)c(C(=O)OCC=C)cc1C(=O)OCC=C.C=CCOC(=O)c1ccc(C(=O)OCC=C)c(C(=O)OCC=C)c1.C=CCOC(=O)c1ccccc1C(=O)OCC=C. The minimum atomic E-state index is -0.927. The molecule has 0 bridgehead atoms. The molecule has 0 atom stereocenters. The summed E-state index contributed by atoms with van der Waals surface area (Å²) in [5.74, 6) is -7.03. The highest BCUT2D eigenvalue weighted by Crippen LogP contribution is 2.23. The van der Waals surface area contributed by atoms with Gasteiger partial charge in [0.05, 0.1) is 50.1 Å². The Morgan fingerprint density at radius 2 is 0.458 bits per heavy atom. The number of rotatable bonds is 27. The number of carbonyl (C=O) groups excluding carboxylic acids is 9. The van der Waals surface area contributed by atoms with E-state index in [0.29, 0.717) is 0 Å². The number of ether oxygens (including phenoxy) is 9. The van der Waals surface area contributed by atoms with Crippen LogP contribution in [-0.4, -0.2) is 113 Å². The zero-order chi connectivity index (χ0) is 53.8. The summed E-state index contributed by atoms with van der Waals surface area (Å²) in [5, 5.41) is 0. The van der Waals surface area contributed by atoms with Gasteiger partial charge in [-0.1, -0.05) is 126 Å². The largest absolute Gasteiger partial charge is 0.458 e. The smallest absolute Gasteiger partial charge is 0.339 e. The molecule has 0 saturated carbocycles. The van der Waals surface area contributed by atoms with Crippen molar-refractivity contribution in [3.63, 3.8) is 0 Å². The molecule has 18 heteroatoms. The van der Waals surface area contributed by atoms with E-state index in [1.807, 2.05) is 0 Å². The van der Waals surface area contributed by atoms with Crippen molar-refractivity contribution in [1.29, 1.82) is 0 Å². The van der Waals surface area contributed by atoms with Crippen LogP contribution in [0.25, 0.3) is 0 Å². The molecule has 0 aliphatic heterocycles. The third-order valence-electron chi connectivity index (χ3n) is 8.09. The Morgan fingerprint density at radius 1 is 0.264 bits per heavy atom. The summed E-state index contributed by atoms with van der Waals surface area (Å²) >= 11 is 0. The van der Waals surface area contributed by atoms with Gasteiger partial charge in [0.1, 0.15) is 59.5 Å². The quantitative estimate of drug-likeness (QED) is 0.0398. The normalized spacial score (nSPS) is 9.50. The van der Waals surface area contributed by atoms with E-state index in [-0.39, 0.29) is 110 Å². The van der Waals surface area contributed by atoms with Gasteiger partial charge < -0.3 is 42.6 Å². The first kappa shape index (κ1) is 60.6. The summed E-state index contributed by atoms with van der Waals surface area (Å²) in [6.07, 6.45) is 12.4. The van der Waals surface area contributed by atoms with Crippen molar-refractivity contribution in [3.8, 4) is 0 Å². The molecule has 378 valence electrons. The number of esters is 9. The summed E-state index contributed by atoms with van der Waals surface area (Å²) in [7, 11) is 0. The van der Waals surface area contributed by atoms with Gasteiger partial charge in [-0.25, -0.2) is 43.2 Å². The van der Waals surface area contributed by atoms with Gasteiger partial charge in [-0.3, -0.25) is 0 Å². The van der Waals surface area contributed by atoms with E-state index < -0.39 is 53.7 Å². The fourth-order valence-electron chi connectivity index (χ4n) is 5.05. The highest BCUT2D eigenvalue weighted by molar-refractivity contribution is 6.11. The maximum atomic E-state index is 12.4. The number of carbonyl (C=O) groups is 9. The van der Waals surface area contributed by atoms with E-state index in [4.69, 9.17) is 42.6 Å². The number of hydrogen-bond acceptors (Lipinski definition) is 18. The Bertz CT molecular complexity index is 2350. The van der Waals surface area contributed by atoms with Gasteiger partial charge in [0.25, 0.3) is 0 Å².